The van der Waals surface area contributed by atoms with E-state index in [1.165, 1.54) is 20.0 Å². The number of hydrogen-bond acceptors (Lipinski definition) is 24. The van der Waals surface area contributed by atoms with Crippen molar-refractivity contribution in [3.8, 4) is 0 Å². The number of rotatable bonds is 16. The number of aliphatic hydroxyl groups excluding tert-OH is 1. The lowest BCUT2D eigenvalue weighted by Crippen LogP contribution is -2.31. The molecular formula is C30H38N15O19P3. The molecule has 3 aliphatic heterocycles. The van der Waals surface area contributed by atoms with Crippen molar-refractivity contribution in [2.75, 3.05) is 37.0 Å². The lowest BCUT2D eigenvalue weighted by atomic mass is 10.2. The molecule has 0 aromatic carbocycles. The first-order valence-electron chi connectivity index (χ1n) is 19.4. The number of ether oxygens (including phenoxy) is 3. The first-order valence-corrected chi connectivity index (χ1v) is 24.0. The number of imidazole rings is 3. The van der Waals surface area contributed by atoms with Gasteiger partial charge in [-0.1, -0.05) is 0 Å². The lowest BCUT2D eigenvalue weighted by Gasteiger charge is -2.24. The molecule has 6 aromatic rings. The average molecular weight is 1010 g/mol. The predicted molar refractivity (Wildman–Crippen MR) is 219 cm³/mol. The topological polar surface area (TPSA) is 495 Å². The van der Waals surface area contributed by atoms with Crippen molar-refractivity contribution in [3.05, 3.63) is 50.0 Å². The van der Waals surface area contributed by atoms with Gasteiger partial charge in [-0.15, -0.1) is 0 Å². The Morgan fingerprint density at radius 3 is 1.25 bits per heavy atom. The van der Waals surface area contributed by atoms with E-state index in [1.54, 1.807) is 0 Å². The molecular weight excluding hydrogens is 967 g/mol. The number of aliphatic hydroxyl groups is 1. The minimum absolute atomic E-state index is 0.0177. The van der Waals surface area contributed by atoms with Crippen molar-refractivity contribution < 1.29 is 75.2 Å². The zero-order valence-electron chi connectivity index (χ0n) is 33.7. The van der Waals surface area contributed by atoms with Crippen LogP contribution in [-0.4, -0.2) is 140 Å². The molecule has 37 heteroatoms. The van der Waals surface area contributed by atoms with Crippen LogP contribution in [0.3, 0.4) is 0 Å². The van der Waals surface area contributed by atoms with E-state index in [0.717, 1.165) is 12.7 Å². The van der Waals surface area contributed by atoms with E-state index in [-0.39, 0.29) is 70.6 Å². The number of aromatic amines is 3. The smallest absolute Gasteiger partial charge is 0.394 e. The summed E-state index contributed by atoms with van der Waals surface area (Å²) < 4.78 is 87.0. The molecule has 6 aromatic heterocycles. The number of nitrogens with zero attached hydrogens (tertiary/aromatic N) is 9. The van der Waals surface area contributed by atoms with Crippen molar-refractivity contribution >= 4 is 74.8 Å². The van der Waals surface area contributed by atoms with Crippen LogP contribution in [0, 0.1) is 0 Å². The van der Waals surface area contributed by atoms with Gasteiger partial charge in [-0.2, -0.15) is 15.0 Å². The van der Waals surface area contributed by atoms with Crippen LogP contribution >= 0.6 is 23.5 Å². The number of phosphoric acid groups is 3. The minimum Gasteiger partial charge on any atom is -0.394 e. The van der Waals surface area contributed by atoms with Crippen molar-refractivity contribution in [1.82, 2.24) is 58.6 Å². The molecule has 34 nitrogen and oxygen atoms in total. The van der Waals surface area contributed by atoms with Crippen LogP contribution in [0.25, 0.3) is 33.5 Å². The standard InChI is InChI=1S/C30H38N15O19P3/c31-28-37-22-19(25(47)40-28)34-7-43(22)16-1-10(13(4-46)59-16)63-66(53,54)58-6-15-12(3-18(61-15)45-9-36-21-24(45)39-30(33)42-27(21)49)64-67(55,56)57-5-14-11(62-65(50,51)52)2-17(60-14)44-8-35-20-23(44)38-29(32)41-26(20)48/h7-18,46H,1-6H2,(H,53,54)(H,55,56)(H2,50,51,52)(H3,31,37,40,47)(H3,32,38,41,48)(H3,33,39,42,49)/t10-,11-,12-,13+,14+,15+,16+,17+,18+/m0/s1. The Kier molecular flexibility index (Phi) is 12.3. The van der Waals surface area contributed by atoms with Gasteiger partial charge in [0.2, 0.25) is 17.8 Å². The Hall–Kier alpha value is -5.38. The van der Waals surface area contributed by atoms with Crippen molar-refractivity contribution in [2.24, 2.45) is 0 Å². The van der Waals surface area contributed by atoms with E-state index in [1.807, 2.05) is 0 Å². The largest absolute Gasteiger partial charge is 0.472 e. The number of anilines is 3. The van der Waals surface area contributed by atoms with Crippen LogP contribution in [0.1, 0.15) is 37.9 Å². The van der Waals surface area contributed by atoms with Gasteiger partial charge in [-0.05, 0) is 0 Å². The number of nitrogen functional groups attached to an aromatic ring is 3. The van der Waals surface area contributed by atoms with Gasteiger partial charge in [0.15, 0.2) is 33.5 Å². The third-order valence-electron chi connectivity index (χ3n) is 10.6. The molecule has 3 saturated heterocycles. The molecule has 3 aliphatic rings. The fourth-order valence-electron chi connectivity index (χ4n) is 7.79. The van der Waals surface area contributed by atoms with E-state index < -0.39 is 115 Å². The summed E-state index contributed by atoms with van der Waals surface area (Å²) in [6.45, 7) is -2.49. The van der Waals surface area contributed by atoms with Crippen LogP contribution in [0.2, 0.25) is 0 Å². The first kappa shape index (κ1) is 46.7. The number of fused-ring (bicyclic) bond motifs is 3. The average Bonchev–Trinajstić information content (AvgIpc) is 4.09. The highest BCUT2D eigenvalue weighted by atomic mass is 31.2. The molecule has 0 amide bonds. The Bertz CT molecular complexity index is 3190. The molecule has 11 atom stereocenters. The van der Waals surface area contributed by atoms with Gasteiger partial charge in [0.05, 0.1) is 38.8 Å². The second kappa shape index (κ2) is 17.6. The van der Waals surface area contributed by atoms with E-state index in [9.17, 15) is 52.8 Å². The molecule has 0 saturated carbocycles. The van der Waals surface area contributed by atoms with Crippen LogP contribution in [-0.2, 0) is 50.5 Å². The predicted octanol–water partition coefficient (Wildman–Crippen LogP) is -2.53. The van der Waals surface area contributed by atoms with Crippen LogP contribution in [0.4, 0.5) is 17.8 Å². The number of nitrogens with two attached hydrogens (primary N) is 3. The van der Waals surface area contributed by atoms with E-state index >= 15 is 0 Å². The summed E-state index contributed by atoms with van der Waals surface area (Å²) in [4.78, 5) is 110. The second-order valence-corrected chi connectivity index (χ2v) is 19.1. The van der Waals surface area contributed by atoms with E-state index in [0.29, 0.717) is 0 Å². The highest BCUT2D eigenvalue weighted by molar-refractivity contribution is 7.47. The maximum Gasteiger partial charge on any atom is 0.472 e. The van der Waals surface area contributed by atoms with Crippen LogP contribution in [0.15, 0.2) is 33.4 Å². The number of nitrogens with one attached hydrogen (secondary N) is 3. The van der Waals surface area contributed by atoms with Crippen LogP contribution in [0.5, 0.6) is 0 Å². The third kappa shape index (κ3) is 9.69. The van der Waals surface area contributed by atoms with Gasteiger partial charge < -0.3 is 56.1 Å². The molecule has 0 radical (unpaired) electrons. The fraction of sp³-hybridized carbons (Fsp3) is 0.500. The summed E-state index contributed by atoms with van der Waals surface area (Å²) in [7, 11) is -15.7. The quantitative estimate of drug-likeness (QED) is 0.0445. The van der Waals surface area contributed by atoms with Crippen LogP contribution < -0.4 is 33.9 Å². The molecule has 0 bridgehead atoms. The van der Waals surface area contributed by atoms with Gasteiger partial charge in [0, 0.05) is 19.3 Å². The lowest BCUT2D eigenvalue weighted by molar-refractivity contribution is -0.0597. The van der Waals surface area contributed by atoms with Gasteiger partial charge in [0.1, 0.15) is 55.3 Å². The maximum absolute atomic E-state index is 13.7. The maximum atomic E-state index is 13.7. The zero-order chi connectivity index (χ0) is 47.7. The normalized spacial score (nSPS) is 27.6. The van der Waals surface area contributed by atoms with Gasteiger partial charge in [-0.3, -0.25) is 65.7 Å². The van der Waals surface area contributed by atoms with Crippen molar-refractivity contribution in [1.29, 1.82) is 0 Å². The molecule has 3 fully saturated rings. The molecule has 0 spiro atoms. The Morgan fingerprint density at radius 2 is 0.910 bits per heavy atom. The SMILES string of the molecule is Nc1nc2c(ncn2[C@H]2C[C@H](OP(=O)(O)O)[C@@H](COP(=O)(O)O[C@H]3C[C@H](n4cnc5c(=O)[nH]c(N)nc54)O[C@@H]3COP(=O)(O)O[C@H]3C[C@H](n4cnc5c(=O)[nH]c(N)nc54)O[C@@H]3CO)O2)c(=O)[nH]1. The summed E-state index contributed by atoms with van der Waals surface area (Å²) in [6, 6.07) is 0. The molecule has 67 heavy (non-hydrogen) atoms. The molecule has 9 rings (SSSR count). The number of phosphoric ester groups is 3. The summed E-state index contributed by atoms with van der Waals surface area (Å²) in [6.07, 6.45) is -9.36. The second-order valence-electron chi connectivity index (χ2n) is 15.1. The Balaban J connectivity index is 0.913. The molecule has 14 N–H and O–H groups in total. The number of H-pyrrole nitrogens is 3. The van der Waals surface area contributed by atoms with E-state index in [4.69, 9.17) is 54.0 Å². The summed E-state index contributed by atoms with van der Waals surface area (Å²) in [5, 5.41) is 10.1. The number of hydrogen-bond donors (Lipinski definition) is 11. The molecule has 362 valence electrons. The fourth-order valence-corrected chi connectivity index (χ4v) is 10.3. The molecule has 0 aliphatic carbocycles. The minimum atomic E-state index is -5.29. The van der Waals surface area contributed by atoms with Gasteiger partial charge in [-0.25, -0.2) is 28.6 Å². The summed E-state index contributed by atoms with van der Waals surface area (Å²) >= 11 is 0. The zero-order valence-corrected chi connectivity index (χ0v) is 36.4. The molecule has 2 unspecified atom stereocenters. The Labute approximate surface area is 369 Å². The number of aromatic nitrogens is 12. The van der Waals surface area contributed by atoms with Gasteiger partial charge in [0.25, 0.3) is 16.7 Å². The Morgan fingerprint density at radius 1 is 0.582 bits per heavy atom. The summed E-state index contributed by atoms with van der Waals surface area (Å²) in [5.41, 5.74) is 14.6. The van der Waals surface area contributed by atoms with Gasteiger partial charge >= 0.3 is 23.5 Å². The van der Waals surface area contributed by atoms with E-state index in [2.05, 4.69) is 44.9 Å². The first-order chi connectivity index (χ1) is 31.6. The highest BCUT2D eigenvalue weighted by Crippen LogP contribution is 2.53. The van der Waals surface area contributed by atoms with Crippen molar-refractivity contribution in [2.45, 2.75) is 74.6 Å². The monoisotopic (exact) mass is 1010 g/mol. The van der Waals surface area contributed by atoms with Crippen molar-refractivity contribution in [3.63, 3.8) is 0 Å². The third-order valence-corrected chi connectivity index (χ3v) is 13.2. The highest BCUT2D eigenvalue weighted by Gasteiger charge is 2.47. The summed E-state index contributed by atoms with van der Waals surface area (Å²) in [5.74, 6) is -0.792. The molecule has 9 heterocycles.